The quantitative estimate of drug-likeness (QED) is 0.636. The number of sulfonamides is 1. The van der Waals surface area contributed by atoms with Gasteiger partial charge >= 0.3 is 0 Å². The molecule has 1 aliphatic heterocycles. The predicted molar refractivity (Wildman–Crippen MR) is 119 cm³/mol. The number of nitrogens with zero attached hydrogens (tertiary/aromatic N) is 4. The number of para-hydroxylation sites is 1. The average Bonchev–Trinajstić information content (AvgIpc) is 3.33. The number of aromatic nitrogens is 2. The summed E-state index contributed by atoms with van der Waals surface area (Å²) in [6, 6.07) is 12.1. The van der Waals surface area contributed by atoms with Crippen molar-refractivity contribution in [1.82, 2.24) is 14.7 Å². The summed E-state index contributed by atoms with van der Waals surface area (Å²) < 4.78 is 44.8. The van der Waals surface area contributed by atoms with Crippen LogP contribution in [0.3, 0.4) is 0 Å². The van der Waals surface area contributed by atoms with Crippen molar-refractivity contribution >= 4 is 27.5 Å². The fraction of sp³-hybridized carbons (Fsp3) is 0.227. The van der Waals surface area contributed by atoms with Gasteiger partial charge in [0.15, 0.2) is 0 Å². The van der Waals surface area contributed by atoms with Crippen molar-refractivity contribution in [1.29, 1.82) is 0 Å². The molecule has 1 amide bonds. The largest absolute Gasteiger partial charge is 0.362 e. The Balaban J connectivity index is 1.57. The molecule has 8 nitrogen and oxygen atoms in total. The van der Waals surface area contributed by atoms with E-state index in [-0.39, 0.29) is 16.1 Å². The van der Waals surface area contributed by atoms with Gasteiger partial charge in [-0.1, -0.05) is 18.2 Å². The van der Waals surface area contributed by atoms with E-state index >= 15 is 0 Å². The molecule has 1 N–H and O–H groups in total. The van der Waals surface area contributed by atoms with Crippen molar-refractivity contribution < 1.29 is 17.6 Å². The molecule has 1 fully saturated rings. The third-order valence-electron chi connectivity index (χ3n) is 5.28. The maximum Gasteiger partial charge on any atom is 0.284 e. The van der Waals surface area contributed by atoms with Gasteiger partial charge in [0.25, 0.3) is 15.9 Å². The van der Waals surface area contributed by atoms with Gasteiger partial charge in [-0.05, 0) is 43.7 Å². The highest BCUT2D eigenvalue weighted by Gasteiger charge is 2.21. The second-order valence-electron chi connectivity index (χ2n) is 7.50. The van der Waals surface area contributed by atoms with Crippen molar-refractivity contribution in [2.45, 2.75) is 24.7 Å². The Hall–Kier alpha value is -3.53. The molecule has 0 atom stereocenters. The molecule has 32 heavy (non-hydrogen) atoms. The zero-order valence-corrected chi connectivity index (χ0v) is 18.4. The summed E-state index contributed by atoms with van der Waals surface area (Å²) in [6.45, 7) is 2.42. The standard InChI is InChI=1S/C22H22FN5O3S/c1-15-18(14-24-28(15)20-10-4-3-9-19(20)23)22(29)25-16-7-5-8-17(13-16)32(30,31)26-21-11-6-12-27(21)2/h3-5,7-10,13-14H,6,11-12H2,1-2H3,(H,25,29)/b26-21+. The van der Waals surface area contributed by atoms with E-state index in [0.717, 1.165) is 13.0 Å². The van der Waals surface area contributed by atoms with Crippen molar-refractivity contribution in [2.24, 2.45) is 4.40 Å². The highest BCUT2D eigenvalue weighted by Crippen LogP contribution is 2.22. The first kappa shape index (κ1) is 21.7. The minimum Gasteiger partial charge on any atom is -0.362 e. The Morgan fingerprint density at radius 3 is 2.69 bits per heavy atom. The van der Waals surface area contributed by atoms with Gasteiger partial charge in [0.05, 0.1) is 22.3 Å². The summed E-state index contributed by atoms with van der Waals surface area (Å²) in [7, 11) is -2.10. The number of hydrogen-bond acceptors (Lipinski definition) is 4. The lowest BCUT2D eigenvalue weighted by atomic mass is 10.2. The molecule has 0 unspecified atom stereocenters. The average molecular weight is 456 g/mol. The number of carbonyl (C=O) groups excluding carboxylic acids is 1. The molecule has 4 rings (SSSR count). The summed E-state index contributed by atoms with van der Waals surface area (Å²) in [5.41, 5.74) is 1.23. The molecule has 3 aromatic rings. The topological polar surface area (TPSA) is 96.7 Å². The number of benzene rings is 2. The third kappa shape index (κ3) is 4.26. The monoisotopic (exact) mass is 455 g/mol. The van der Waals surface area contributed by atoms with Crippen LogP contribution in [-0.4, -0.2) is 48.4 Å². The second-order valence-corrected chi connectivity index (χ2v) is 9.10. The van der Waals surface area contributed by atoms with Gasteiger partial charge in [-0.3, -0.25) is 4.79 Å². The normalized spacial score (nSPS) is 15.3. The fourth-order valence-electron chi connectivity index (χ4n) is 3.53. The number of amides is 1. The maximum absolute atomic E-state index is 14.1. The van der Waals surface area contributed by atoms with Gasteiger partial charge in [0.1, 0.15) is 17.3 Å². The second kappa shape index (κ2) is 8.54. The molecule has 1 aromatic heterocycles. The Labute approximate surface area is 185 Å². The number of rotatable bonds is 5. The van der Waals surface area contributed by atoms with E-state index in [4.69, 9.17) is 0 Å². The van der Waals surface area contributed by atoms with E-state index in [1.54, 1.807) is 31.2 Å². The molecular formula is C22H22FN5O3S. The molecule has 0 radical (unpaired) electrons. The Bertz CT molecular complexity index is 1320. The van der Waals surface area contributed by atoms with E-state index in [9.17, 15) is 17.6 Å². The SMILES string of the molecule is Cc1c(C(=O)Nc2cccc(S(=O)(=O)/N=C3\CCCN3C)c2)cnn1-c1ccccc1F. The highest BCUT2D eigenvalue weighted by molar-refractivity contribution is 7.90. The van der Waals surface area contributed by atoms with Crippen LogP contribution in [0, 0.1) is 12.7 Å². The molecule has 10 heteroatoms. The zero-order valence-electron chi connectivity index (χ0n) is 17.6. The summed E-state index contributed by atoms with van der Waals surface area (Å²) in [4.78, 5) is 14.6. The zero-order chi connectivity index (χ0) is 22.9. The van der Waals surface area contributed by atoms with Crippen molar-refractivity contribution in [2.75, 3.05) is 18.9 Å². The molecule has 1 aliphatic rings. The smallest absolute Gasteiger partial charge is 0.284 e. The molecule has 0 bridgehead atoms. The third-order valence-corrected chi connectivity index (χ3v) is 6.59. The van der Waals surface area contributed by atoms with Gasteiger partial charge in [-0.15, -0.1) is 4.40 Å². The van der Waals surface area contributed by atoms with Crippen LogP contribution >= 0.6 is 0 Å². The fourth-order valence-corrected chi connectivity index (χ4v) is 4.67. The summed E-state index contributed by atoms with van der Waals surface area (Å²) in [6.07, 6.45) is 2.82. The molecule has 0 aliphatic carbocycles. The lowest BCUT2D eigenvalue weighted by Gasteiger charge is -2.11. The number of halogens is 1. The van der Waals surface area contributed by atoms with Crippen LogP contribution in [0.1, 0.15) is 28.9 Å². The minimum absolute atomic E-state index is 0.0122. The molecule has 166 valence electrons. The van der Waals surface area contributed by atoms with Crippen LogP contribution < -0.4 is 5.32 Å². The molecule has 1 saturated heterocycles. The van der Waals surface area contributed by atoms with Crippen LogP contribution in [0.25, 0.3) is 5.69 Å². The van der Waals surface area contributed by atoms with Crippen molar-refractivity contribution in [3.63, 3.8) is 0 Å². The Morgan fingerprint density at radius 2 is 1.97 bits per heavy atom. The molecule has 2 heterocycles. The summed E-state index contributed by atoms with van der Waals surface area (Å²) >= 11 is 0. The van der Waals surface area contributed by atoms with Crippen molar-refractivity contribution in [3.05, 3.63) is 71.8 Å². The molecular weight excluding hydrogens is 433 g/mol. The number of nitrogens with one attached hydrogen (secondary N) is 1. The lowest BCUT2D eigenvalue weighted by molar-refractivity contribution is 0.102. The first-order chi connectivity index (χ1) is 15.3. The summed E-state index contributed by atoms with van der Waals surface area (Å²) in [5, 5.41) is 6.81. The van der Waals surface area contributed by atoms with Crippen LogP contribution in [0.4, 0.5) is 10.1 Å². The minimum atomic E-state index is -3.91. The van der Waals surface area contributed by atoms with Gasteiger partial charge in [-0.2, -0.15) is 13.5 Å². The van der Waals surface area contributed by atoms with E-state index in [1.165, 1.54) is 35.1 Å². The van der Waals surface area contributed by atoms with Crippen LogP contribution in [0.5, 0.6) is 0 Å². The van der Waals surface area contributed by atoms with E-state index < -0.39 is 21.7 Å². The maximum atomic E-state index is 14.1. The highest BCUT2D eigenvalue weighted by atomic mass is 32.2. The Morgan fingerprint density at radius 1 is 1.19 bits per heavy atom. The number of amidine groups is 1. The van der Waals surface area contributed by atoms with E-state index in [1.807, 2.05) is 11.9 Å². The lowest BCUT2D eigenvalue weighted by Crippen LogP contribution is -2.20. The number of hydrogen-bond donors (Lipinski definition) is 1. The van der Waals surface area contributed by atoms with Crippen molar-refractivity contribution in [3.8, 4) is 5.69 Å². The molecule has 0 saturated carbocycles. The van der Waals surface area contributed by atoms with Gasteiger partial charge in [0.2, 0.25) is 0 Å². The molecule has 0 spiro atoms. The molecule has 2 aromatic carbocycles. The number of likely N-dealkylation sites (tertiary alicyclic amines) is 1. The van der Waals surface area contributed by atoms with Gasteiger partial charge in [0, 0.05) is 25.7 Å². The first-order valence-corrected chi connectivity index (χ1v) is 11.5. The van der Waals surface area contributed by atoms with Gasteiger partial charge < -0.3 is 10.2 Å². The van der Waals surface area contributed by atoms with E-state index in [2.05, 4.69) is 14.8 Å². The Kier molecular flexibility index (Phi) is 5.79. The number of anilines is 1. The first-order valence-electron chi connectivity index (χ1n) is 10.0. The summed E-state index contributed by atoms with van der Waals surface area (Å²) in [5.74, 6) is -0.421. The van der Waals surface area contributed by atoms with Crippen LogP contribution in [-0.2, 0) is 10.0 Å². The predicted octanol–water partition coefficient (Wildman–Crippen LogP) is 3.38. The number of carbonyl (C=O) groups is 1. The van der Waals surface area contributed by atoms with Gasteiger partial charge in [-0.25, -0.2) is 9.07 Å². The van der Waals surface area contributed by atoms with Crippen LogP contribution in [0.15, 0.2) is 64.0 Å². The van der Waals surface area contributed by atoms with Crippen LogP contribution in [0.2, 0.25) is 0 Å². The van der Waals surface area contributed by atoms with E-state index in [0.29, 0.717) is 23.6 Å².